The van der Waals surface area contributed by atoms with Gasteiger partial charge >= 0.3 is 5.97 Å². The smallest absolute Gasteiger partial charge is 0.350 e. The number of nitrogens with one attached hydrogen (secondary N) is 1. The minimum Gasteiger partial charge on any atom is -0.465 e. The van der Waals surface area contributed by atoms with Gasteiger partial charge in [-0.15, -0.1) is 11.3 Å². The third kappa shape index (κ3) is 3.73. The Kier molecular flexibility index (Phi) is 5.41. The molecule has 0 aliphatic carbocycles. The van der Waals surface area contributed by atoms with Gasteiger partial charge in [0.1, 0.15) is 4.88 Å². The molecule has 1 amide bonds. The van der Waals surface area contributed by atoms with E-state index in [0.29, 0.717) is 27.3 Å². The molecule has 0 radical (unpaired) electrons. The number of anilines is 1. The van der Waals surface area contributed by atoms with Gasteiger partial charge in [-0.3, -0.25) is 9.59 Å². The topological polar surface area (TPSA) is 72.5 Å². The fraction of sp³-hybridized carbons (Fsp3) is 0.0417. The Morgan fingerprint density at radius 2 is 1.37 bits per heavy atom. The van der Waals surface area contributed by atoms with Crippen LogP contribution in [0.3, 0.4) is 0 Å². The lowest BCUT2D eigenvalue weighted by Gasteiger charge is -2.08. The molecule has 4 rings (SSSR count). The van der Waals surface area contributed by atoms with Crippen molar-refractivity contribution in [3.8, 4) is 0 Å². The minimum absolute atomic E-state index is 0.112. The number of hydrogen-bond donors (Lipinski definition) is 1. The van der Waals surface area contributed by atoms with E-state index in [4.69, 9.17) is 4.74 Å². The molecule has 0 aliphatic rings. The Morgan fingerprint density at radius 3 is 2.07 bits per heavy atom. The molecule has 0 bridgehead atoms. The zero-order valence-corrected chi connectivity index (χ0v) is 16.9. The number of esters is 1. The van der Waals surface area contributed by atoms with Crippen LogP contribution < -0.4 is 5.32 Å². The summed E-state index contributed by atoms with van der Waals surface area (Å²) < 4.78 is 5.73. The lowest BCUT2D eigenvalue weighted by molar-refractivity contribution is 0.0607. The molecule has 30 heavy (non-hydrogen) atoms. The maximum atomic E-state index is 12.8. The first-order valence-corrected chi connectivity index (χ1v) is 10.0. The van der Waals surface area contributed by atoms with Gasteiger partial charge in [0.05, 0.1) is 12.8 Å². The number of thiophene rings is 1. The number of carbonyl (C=O) groups is 3. The molecule has 0 unspecified atom stereocenters. The van der Waals surface area contributed by atoms with Gasteiger partial charge in [-0.05, 0) is 18.2 Å². The average molecular weight is 415 g/mol. The van der Waals surface area contributed by atoms with Gasteiger partial charge in [-0.2, -0.15) is 0 Å². The maximum Gasteiger partial charge on any atom is 0.350 e. The number of carbonyl (C=O) groups excluding carboxylic acids is 3. The van der Waals surface area contributed by atoms with Crippen molar-refractivity contribution in [2.75, 3.05) is 12.4 Å². The molecule has 148 valence electrons. The third-order valence-corrected chi connectivity index (χ3v) is 5.80. The van der Waals surface area contributed by atoms with Crippen molar-refractivity contribution in [3.63, 3.8) is 0 Å². The first kappa shape index (κ1) is 19.5. The van der Waals surface area contributed by atoms with Gasteiger partial charge in [-0.1, -0.05) is 60.7 Å². The molecule has 1 heterocycles. The molecule has 3 aromatic carbocycles. The molecular formula is C24H17NO4S. The molecule has 0 spiro atoms. The summed E-state index contributed by atoms with van der Waals surface area (Å²) in [5, 5.41) is 3.60. The van der Waals surface area contributed by atoms with Crippen molar-refractivity contribution in [2.45, 2.75) is 0 Å². The average Bonchev–Trinajstić information content (AvgIpc) is 3.17. The van der Waals surface area contributed by atoms with Crippen LogP contribution in [0.15, 0.2) is 78.9 Å². The molecule has 6 heteroatoms. The highest BCUT2D eigenvalue weighted by Gasteiger charge is 2.21. The third-order valence-electron chi connectivity index (χ3n) is 4.65. The Balaban J connectivity index is 1.60. The van der Waals surface area contributed by atoms with Gasteiger partial charge in [0.15, 0.2) is 5.78 Å². The van der Waals surface area contributed by atoms with Crippen LogP contribution in [0.2, 0.25) is 0 Å². The summed E-state index contributed by atoms with van der Waals surface area (Å²) in [6, 6.07) is 22.8. The zero-order valence-electron chi connectivity index (χ0n) is 16.0. The van der Waals surface area contributed by atoms with Crippen LogP contribution in [0.4, 0.5) is 5.69 Å². The molecule has 5 nitrogen and oxygen atoms in total. The molecule has 0 atom stereocenters. The molecule has 1 aromatic heterocycles. The summed E-state index contributed by atoms with van der Waals surface area (Å²) in [6.45, 7) is 0. The lowest BCUT2D eigenvalue weighted by Crippen LogP contribution is -2.14. The molecule has 4 aromatic rings. The second kappa shape index (κ2) is 8.31. The summed E-state index contributed by atoms with van der Waals surface area (Å²) in [6.07, 6.45) is 0. The lowest BCUT2D eigenvalue weighted by atomic mass is 10.0. The highest BCUT2D eigenvalue weighted by Crippen LogP contribution is 2.36. The fourth-order valence-electron chi connectivity index (χ4n) is 3.12. The largest absolute Gasteiger partial charge is 0.465 e. The predicted octanol–water partition coefficient (Wildman–Crippen LogP) is 5.17. The number of ether oxygens (including phenoxy) is 1. The SMILES string of the molecule is COC(=O)c1sc2ccccc2c1NC(=O)c1ccc(C(=O)c2ccccc2)cc1. The first-order chi connectivity index (χ1) is 14.6. The monoisotopic (exact) mass is 415 g/mol. The van der Waals surface area contributed by atoms with Crippen LogP contribution in [0.1, 0.15) is 36.0 Å². The van der Waals surface area contributed by atoms with Crippen LogP contribution in [0, 0.1) is 0 Å². The molecular weight excluding hydrogens is 398 g/mol. The molecule has 0 saturated carbocycles. The molecule has 1 N–H and O–H groups in total. The number of rotatable bonds is 5. The fourth-order valence-corrected chi connectivity index (χ4v) is 4.20. The highest BCUT2D eigenvalue weighted by atomic mass is 32.1. The summed E-state index contributed by atoms with van der Waals surface area (Å²) in [4.78, 5) is 37.9. The zero-order chi connectivity index (χ0) is 21.1. The molecule has 0 fully saturated rings. The number of hydrogen-bond acceptors (Lipinski definition) is 5. The maximum absolute atomic E-state index is 12.8. The van der Waals surface area contributed by atoms with Gasteiger partial charge in [0.25, 0.3) is 5.91 Å². The van der Waals surface area contributed by atoms with E-state index >= 15 is 0 Å². The number of ketones is 1. The van der Waals surface area contributed by atoms with Gasteiger partial charge in [0, 0.05) is 26.8 Å². The van der Waals surface area contributed by atoms with E-state index in [1.54, 1.807) is 48.5 Å². The first-order valence-electron chi connectivity index (χ1n) is 9.19. The van der Waals surface area contributed by atoms with E-state index in [1.807, 2.05) is 30.3 Å². The minimum atomic E-state index is -0.504. The number of benzene rings is 3. The standard InChI is InChI=1S/C24H17NO4S/c1-29-24(28)22-20(18-9-5-6-10-19(18)30-22)25-23(27)17-13-11-16(12-14-17)21(26)15-7-3-2-4-8-15/h2-14H,1H3,(H,25,27). The van der Waals surface area contributed by atoms with Crippen molar-refractivity contribution in [1.29, 1.82) is 0 Å². The van der Waals surface area contributed by atoms with Crippen LogP contribution >= 0.6 is 11.3 Å². The van der Waals surface area contributed by atoms with E-state index in [9.17, 15) is 14.4 Å². The van der Waals surface area contributed by atoms with E-state index in [0.717, 1.165) is 10.1 Å². The predicted molar refractivity (Wildman–Crippen MR) is 117 cm³/mol. The summed E-state index contributed by atoms with van der Waals surface area (Å²) in [7, 11) is 1.31. The number of amides is 1. The number of fused-ring (bicyclic) bond motifs is 1. The van der Waals surface area contributed by atoms with Crippen molar-refractivity contribution < 1.29 is 19.1 Å². The van der Waals surface area contributed by atoms with E-state index < -0.39 is 5.97 Å². The second-order valence-corrected chi connectivity index (χ2v) is 7.57. The van der Waals surface area contributed by atoms with E-state index in [-0.39, 0.29) is 11.7 Å². The second-order valence-electron chi connectivity index (χ2n) is 6.52. The summed E-state index contributed by atoms with van der Waals surface area (Å²) in [5.74, 6) is -0.989. The number of methoxy groups -OCH3 is 1. The van der Waals surface area contributed by atoms with Crippen LogP contribution in [0.5, 0.6) is 0 Å². The summed E-state index contributed by atoms with van der Waals surface area (Å²) >= 11 is 1.26. The Labute approximate surface area is 176 Å². The van der Waals surface area contributed by atoms with Crippen molar-refractivity contribution in [3.05, 3.63) is 100 Å². The van der Waals surface area contributed by atoms with Crippen molar-refractivity contribution in [2.24, 2.45) is 0 Å². The quantitative estimate of drug-likeness (QED) is 0.360. The Hall–Kier alpha value is -3.77. The van der Waals surface area contributed by atoms with Crippen LogP contribution in [-0.2, 0) is 4.74 Å². The summed E-state index contributed by atoms with van der Waals surface area (Å²) in [5.41, 5.74) is 1.89. The Morgan fingerprint density at radius 1 is 0.767 bits per heavy atom. The van der Waals surface area contributed by atoms with Crippen molar-refractivity contribution in [1.82, 2.24) is 0 Å². The van der Waals surface area contributed by atoms with Crippen LogP contribution in [0.25, 0.3) is 10.1 Å². The van der Waals surface area contributed by atoms with E-state index in [2.05, 4.69) is 5.32 Å². The van der Waals surface area contributed by atoms with Crippen molar-refractivity contribution >= 4 is 44.8 Å². The van der Waals surface area contributed by atoms with Crippen LogP contribution in [-0.4, -0.2) is 24.8 Å². The van der Waals surface area contributed by atoms with E-state index in [1.165, 1.54) is 18.4 Å². The normalized spacial score (nSPS) is 10.6. The van der Waals surface area contributed by atoms with Gasteiger partial charge < -0.3 is 10.1 Å². The van der Waals surface area contributed by atoms with Gasteiger partial charge in [-0.25, -0.2) is 4.79 Å². The molecule has 0 aliphatic heterocycles. The Bertz CT molecular complexity index is 1240. The highest BCUT2D eigenvalue weighted by molar-refractivity contribution is 7.21. The van der Waals surface area contributed by atoms with Gasteiger partial charge in [0.2, 0.25) is 0 Å². The molecule has 0 saturated heterocycles.